The van der Waals surface area contributed by atoms with Crippen LogP contribution in [0.15, 0.2) is 94.9 Å². The molecular weight excluding hydrogens is 801 g/mol. The number of benzene rings is 3. The minimum absolute atomic E-state index is 0.0346. The van der Waals surface area contributed by atoms with Crippen molar-refractivity contribution in [2.45, 2.75) is 50.4 Å². The molecule has 17 heteroatoms. The summed E-state index contributed by atoms with van der Waals surface area (Å²) in [4.78, 5) is 78.6. The molecule has 0 bridgehead atoms. The molecule has 3 aromatic carbocycles. The second-order valence-electron chi connectivity index (χ2n) is 14.1. The number of thioether (sulfide) groups is 1. The van der Waals surface area contributed by atoms with Crippen molar-refractivity contribution < 1.29 is 33.4 Å². The SMILES string of the molecule is CC(=O)N[C@@H](CSc1nc2c(=O)[nH]c(N)nc2n1Cc1ccccc1)C(=O)NCCCOCCOCCOCCCCC(=O)C(=O)c1c(-c2ccccc2)[nH]c2ccccc12. The molecular formula is C44H50N8O8S. The Balaban J connectivity index is 0.827. The van der Waals surface area contributed by atoms with E-state index in [4.69, 9.17) is 19.9 Å². The maximum atomic E-state index is 13.3. The van der Waals surface area contributed by atoms with Gasteiger partial charge in [0, 0.05) is 49.8 Å². The van der Waals surface area contributed by atoms with Crippen molar-refractivity contribution in [3.05, 3.63) is 106 Å². The molecule has 6 rings (SSSR count). The second-order valence-corrected chi connectivity index (χ2v) is 15.1. The van der Waals surface area contributed by atoms with Gasteiger partial charge in [0.25, 0.3) is 5.56 Å². The van der Waals surface area contributed by atoms with E-state index in [1.165, 1.54) is 18.7 Å². The molecule has 320 valence electrons. The first-order valence-electron chi connectivity index (χ1n) is 20.1. The fourth-order valence-electron chi connectivity index (χ4n) is 6.61. The number of nitrogen functional groups attached to an aromatic ring is 1. The van der Waals surface area contributed by atoms with Gasteiger partial charge in [0.2, 0.25) is 29.3 Å². The zero-order chi connectivity index (χ0) is 43.0. The summed E-state index contributed by atoms with van der Waals surface area (Å²) in [5.74, 6) is -1.52. The zero-order valence-corrected chi connectivity index (χ0v) is 34.8. The Bertz CT molecular complexity index is 2470. The number of ether oxygens (including phenoxy) is 3. The number of rotatable bonds is 25. The summed E-state index contributed by atoms with van der Waals surface area (Å²) in [5.41, 5.74) is 9.48. The summed E-state index contributed by atoms with van der Waals surface area (Å²) in [6.45, 7) is 4.38. The molecule has 0 aliphatic carbocycles. The van der Waals surface area contributed by atoms with Gasteiger partial charge in [-0.2, -0.15) is 4.98 Å². The van der Waals surface area contributed by atoms with E-state index in [-0.39, 0.29) is 35.5 Å². The molecule has 0 aliphatic rings. The summed E-state index contributed by atoms with van der Waals surface area (Å²) in [6.07, 6.45) is 1.85. The Morgan fingerprint density at radius 1 is 0.803 bits per heavy atom. The molecule has 0 spiro atoms. The third-order valence-corrected chi connectivity index (χ3v) is 10.6. The Labute approximate surface area is 356 Å². The first-order chi connectivity index (χ1) is 29.7. The number of aromatic nitrogens is 5. The number of para-hydroxylation sites is 1. The fourth-order valence-corrected chi connectivity index (χ4v) is 7.62. The van der Waals surface area contributed by atoms with E-state index >= 15 is 0 Å². The van der Waals surface area contributed by atoms with Gasteiger partial charge in [0.05, 0.1) is 44.2 Å². The molecule has 2 amide bonds. The van der Waals surface area contributed by atoms with E-state index in [0.717, 1.165) is 22.0 Å². The summed E-state index contributed by atoms with van der Waals surface area (Å²) < 4.78 is 18.6. The zero-order valence-electron chi connectivity index (χ0n) is 33.9. The number of carbonyl (C=O) groups excluding carboxylic acids is 4. The number of Topliss-reactive ketones (excluding diaryl/α,β-unsaturated/α-hetero) is 2. The van der Waals surface area contributed by atoms with E-state index in [1.807, 2.05) is 84.9 Å². The molecule has 0 saturated carbocycles. The number of anilines is 1. The highest BCUT2D eigenvalue weighted by atomic mass is 32.2. The molecule has 16 nitrogen and oxygen atoms in total. The Hall–Kier alpha value is -6.14. The number of nitrogens with two attached hydrogens (primary N) is 1. The molecule has 3 heterocycles. The van der Waals surface area contributed by atoms with Crippen molar-refractivity contribution in [1.82, 2.24) is 35.1 Å². The average Bonchev–Trinajstić information content (AvgIpc) is 3.82. The summed E-state index contributed by atoms with van der Waals surface area (Å²) in [5, 5.41) is 6.74. The third kappa shape index (κ3) is 12.5. The summed E-state index contributed by atoms with van der Waals surface area (Å²) in [7, 11) is 0. The highest BCUT2D eigenvalue weighted by molar-refractivity contribution is 7.99. The molecule has 6 N–H and O–H groups in total. The molecule has 0 fully saturated rings. The van der Waals surface area contributed by atoms with Crippen LogP contribution < -0.4 is 21.9 Å². The van der Waals surface area contributed by atoms with Gasteiger partial charge in [-0.05, 0) is 36.5 Å². The van der Waals surface area contributed by atoms with Crippen molar-refractivity contribution in [1.29, 1.82) is 0 Å². The normalized spacial score (nSPS) is 11.8. The van der Waals surface area contributed by atoms with Crippen molar-refractivity contribution in [3.63, 3.8) is 0 Å². The van der Waals surface area contributed by atoms with Crippen LogP contribution in [-0.2, 0) is 35.1 Å². The number of nitrogens with one attached hydrogen (secondary N) is 4. The fraction of sp³-hybridized carbons (Fsp3) is 0.341. The Morgan fingerprint density at radius 3 is 2.18 bits per heavy atom. The first-order valence-corrected chi connectivity index (χ1v) is 21.1. The predicted molar refractivity (Wildman–Crippen MR) is 233 cm³/mol. The van der Waals surface area contributed by atoms with Crippen LogP contribution in [0.1, 0.15) is 48.5 Å². The van der Waals surface area contributed by atoms with Gasteiger partial charge in [-0.3, -0.25) is 33.5 Å². The maximum Gasteiger partial charge on any atom is 0.280 e. The summed E-state index contributed by atoms with van der Waals surface area (Å²) >= 11 is 1.22. The smallest absolute Gasteiger partial charge is 0.280 e. The van der Waals surface area contributed by atoms with E-state index in [9.17, 15) is 24.0 Å². The van der Waals surface area contributed by atoms with E-state index in [2.05, 4.69) is 30.6 Å². The molecule has 0 saturated heterocycles. The number of fused-ring (bicyclic) bond motifs is 2. The lowest BCUT2D eigenvalue weighted by molar-refractivity contribution is -0.127. The van der Waals surface area contributed by atoms with Crippen molar-refractivity contribution in [2.75, 3.05) is 57.7 Å². The third-order valence-electron chi connectivity index (χ3n) is 9.55. The average molecular weight is 851 g/mol. The van der Waals surface area contributed by atoms with Crippen LogP contribution in [0.4, 0.5) is 5.95 Å². The number of imidazole rings is 1. The van der Waals surface area contributed by atoms with Crippen LogP contribution in [-0.4, -0.2) is 106 Å². The number of nitrogens with zero attached hydrogens (tertiary/aromatic N) is 3. The van der Waals surface area contributed by atoms with Gasteiger partial charge in [-0.15, -0.1) is 0 Å². The number of hydrogen-bond donors (Lipinski definition) is 5. The topological polar surface area (TPSA) is 225 Å². The lowest BCUT2D eigenvalue weighted by atomic mass is 9.97. The minimum Gasteiger partial charge on any atom is -0.379 e. The largest absolute Gasteiger partial charge is 0.379 e. The standard InChI is InChI=1S/C44H50N8O8S/c1-29(53)47-34(28-61-44-49-38-40(50-43(45)51-42(38)57)52(44)27-30-13-4-2-5-14-30)41(56)46-20-12-22-59-24-26-60-25-23-58-21-11-10-19-35(54)39(55)36-32-17-8-9-18-33(32)48-37(36)31-15-6-3-7-16-31/h2-9,13-18,34,48H,10-12,19-28H2,1H3,(H,46,56)(H,47,53)(H3,45,50,51,57)/t34-/m0/s1. The first kappa shape index (κ1) is 44.4. The number of amides is 2. The number of carbonyl (C=O) groups is 4. The number of H-pyrrole nitrogens is 2. The molecule has 6 aromatic rings. The van der Waals surface area contributed by atoms with E-state index < -0.39 is 23.2 Å². The highest BCUT2D eigenvalue weighted by Gasteiger charge is 2.25. The van der Waals surface area contributed by atoms with Gasteiger partial charge in [0.1, 0.15) is 6.04 Å². The van der Waals surface area contributed by atoms with Gasteiger partial charge in [-0.1, -0.05) is 90.6 Å². The molecule has 61 heavy (non-hydrogen) atoms. The number of ketones is 2. The quantitative estimate of drug-likeness (QED) is 0.0229. The van der Waals surface area contributed by atoms with Crippen LogP contribution in [0.3, 0.4) is 0 Å². The predicted octanol–water partition coefficient (Wildman–Crippen LogP) is 4.67. The van der Waals surface area contributed by atoms with Crippen molar-refractivity contribution >= 4 is 63.2 Å². The minimum atomic E-state index is -0.864. The molecule has 0 radical (unpaired) electrons. The summed E-state index contributed by atoms with van der Waals surface area (Å²) in [6, 6.07) is 25.8. The van der Waals surface area contributed by atoms with Gasteiger partial charge < -0.3 is 35.6 Å². The van der Waals surface area contributed by atoms with Crippen LogP contribution in [0.2, 0.25) is 0 Å². The monoisotopic (exact) mass is 850 g/mol. The van der Waals surface area contributed by atoms with Crippen LogP contribution in [0.5, 0.6) is 0 Å². The molecule has 1 atom stereocenters. The number of unbranched alkanes of at least 4 members (excludes halogenated alkanes) is 1. The van der Waals surface area contributed by atoms with Gasteiger partial charge in [-0.25, -0.2) is 4.98 Å². The van der Waals surface area contributed by atoms with E-state index in [1.54, 1.807) is 4.57 Å². The van der Waals surface area contributed by atoms with Crippen LogP contribution >= 0.6 is 11.8 Å². The Kier molecular flexibility index (Phi) is 16.4. The Morgan fingerprint density at radius 2 is 1.46 bits per heavy atom. The number of aromatic amines is 2. The van der Waals surface area contributed by atoms with Gasteiger partial charge >= 0.3 is 0 Å². The van der Waals surface area contributed by atoms with Crippen LogP contribution in [0, 0.1) is 0 Å². The maximum absolute atomic E-state index is 13.3. The van der Waals surface area contributed by atoms with Crippen LogP contribution in [0.25, 0.3) is 33.3 Å². The lowest BCUT2D eigenvalue weighted by Gasteiger charge is -2.17. The molecule has 0 aliphatic heterocycles. The highest BCUT2D eigenvalue weighted by Crippen LogP contribution is 2.31. The molecule has 3 aromatic heterocycles. The second kappa shape index (κ2) is 22.5. The van der Waals surface area contributed by atoms with Gasteiger partial charge in [0.15, 0.2) is 16.3 Å². The van der Waals surface area contributed by atoms with E-state index in [0.29, 0.717) is 94.1 Å². The molecule has 0 unspecified atom stereocenters. The van der Waals surface area contributed by atoms with Crippen molar-refractivity contribution in [2.24, 2.45) is 0 Å². The number of hydrogen-bond acceptors (Lipinski definition) is 12. The van der Waals surface area contributed by atoms with Crippen molar-refractivity contribution in [3.8, 4) is 11.3 Å². The lowest BCUT2D eigenvalue weighted by Crippen LogP contribution is -2.48.